The van der Waals surface area contributed by atoms with Crippen LogP contribution in [0.5, 0.6) is 0 Å². The predicted octanol–water partition coefficient (Wildman–Crippen LogP) is 2.01. The minimum absolute atomic E-state index is 0.222. The van der Waals surface area contributed by atoms with Crippen molar-refractivity contribution in [3.8, 4) is 0 Å². The van der Waals surface area contributed by atoms with Crippen molar-refractivity contribution < 1.29 is 9.53 Å². The summed E-state index contributed by atoms with van der Waals surface area (Å²) < 4.78 is 7.59. The largest absolute Gasteiger partial charge is 0.379 e. The first-order chi connectivity index (χ1) is 11.2. The van der Waals surface area contributed by atoms with E-state index in [1.54, 1.807) is 0 Å². The number of likely N-dealkylation sites (tertiary alicyclic amines) is 1. The van der Waals surface area contributed by atoms with Gasteiger partial charge in [-0.15, -0.1) is 0 Å². The van der Waals surface area contributed by atoms with Crippen LogP contribution in [-0.2, 0) is 9.53 Å². The maximum atomic E-state index is 12.7. The molecule has 1 aromatic heterocycles. The van der Waals surface area contributed by atoms with E-state index in [4.69, 9.17) is 4.74 Å². The number of aromatic nitrogens is 1. The Labute approximate surface area is 139 Å². The Hall–Kier alpha value is -1.33. The minimum atomic E-state index is 0.222. The molecule has 3 atom stereocenters. The van der Waals surface area contributed by atoms with Crippen molar-refractivity contribution in [2.24, 2.45) is 5.92 Å². The van der Waals surface area contributed by atoms with E-state index < -0.39 is 0 Å². The molecule has 0 unspecified atom stereocenters. The van der Waals surface area contributed by atoms with Crippen molar-refractivity contribution in [2.75, 3.05) is 39.4 Å². The molecule has 1 amide bonds. The maximum absolute atomic E-state index is 12.7. The van der Waals surface area contributed by atoms with Crippen molar-refractivity contribution in [1.82, 2.24) is 14.4 Å². The molecule has 0 saturated carbocycles. The normalized spacial score (nSPS) is 27.3. The summed E-state index contributed by atoms with van der Waals surface area (Å²) in [4.78, 5) is 17.3. The van der Waals surface area contributed by atoms with Gasteiger partial charge in [-0.1, -0.05) is 13.3 Å². The summed E-state index contributed by atoms with van der Waals surface area (Å²) in [7, 11) is 0. The zero-order chi connectivity index (χ0) is 16.2. The Morgan fingerprint density at radius 1 is 1.22 bits per heavy atom. The molecule has 2 aliphatic heterocycles. The van der Waals surface area contributed by atoms with E-state index in [9.17, 15) is 4.79 Å². The van der Waals surface area contributed by atoms with Gasteiger partial charge in [-0.2, -0.15) is 0 Å². The maximum Gasteiger partial charge on any atom is 0.224 e. The molecular weight excluding hydrogens is 290 g/mol. The SMILES string of the molecule is CC[C@@H]1CN(C(=O)C[C@H](C)n2cccc2)C[C@H]1N1CCOCC1. The summed E-state index contributed by atoms with van der Waals surface area (Å²) in [6.07, 6.45) is 5.79. The molecule has 128 valence electrons. The first-order valence-electron chi connectivity index (χ1n) is 8.91. The lowest BCUT2D eigenvalue weighted by molar-refractivity contribution is -0.131. The number of carbonyl (C=O) groups excluding carboxylic acids is 1. The first kappa shape index (κ1) is 16.5. The second kappa shape index (κ2) is 7.49. The Morgan fingerprint density at radius 2 is 1.91 bits per heavy atom. The molecule has 3 rings (SSSR count). The molecule has 2 saturated heterocycles. The van der Waals surface area contributed by atoms with Gasteiger partial charge in [0.2, 0.25) is 5.91 Å². The van der Waals surface area contributed by atoms with Crippen LogP contribution >= 0.6 is 0 Å². The average molecular weight is 319 g/mol. The van der Waals surface area contributed by atoms with Crippen LogP contribution in [0.1, 0.15) is 32.7 Å². The van der Waals surface area contributed by atoms with Crippen molar-refractivity contribution in [3.05, 3.63) is 24.5 Å². The molecule has 0 N–H and O–H groups in total. The van der Waals surface area contributed by atoms with Gasteiger partial charge in [0, 0.05) is 57.1 Å². The highest BCUT2D eigenvalue weighted by molar-refractivity contribution is 5.77. The molecular formula is C18H29N3O2. The second-order valence-electron chi connectivity index (χ2n) is 6.87. The fourth-order valence-electron chi connectivity index (χ4n) is 3.91. The molecule has 3 heterocycles. The number of ether oxygens (including phenoxy) is 1. The molecule has 2 fully saturated rings. The van der Waals surface area contributed by atoms with E-state index in [2.05, 4.69) is 28.2 Å². The molecule has 1 aromatic rings. The van der Waals surface area contributed by atoms with E-state index in [1.165, 1.54) is 0 Å². The van der Waals surface area contributed by atoms with Crippen molar-refractivity contribution >= 4 is 5.91 Å². The second-order valence-corrected chi connectivity index (χ2v) is 6.87. The monoisotopic (exact) mass is 319 g/mol. The number of carbonyl (C=O) groups is 1. The standard InChI is InChI=1S/C18H29N3O2/c1-3-16-13-21(14-17(16)20-8-10-23-11-9-20)18(22)12-15(2)19-6-4-5-7-19/h4-7,15-17H,3,8-14H2,1-2H3/t15-,16+,17+/m0/s1. The molecule has 5 heteroatoms. The highest BCUT2D eigenvalue weighted by atomic mass is 16.5. The number of hydrogen-bond acceptors (Lipinski definition) is 3. The summed E-state index contributed by atoms with van der Waals surface area (Å²) in [6.45, 7) is 9.81. The number of nitrogens with zero attached hydrogens (tertiary/aromatic N) is 3. The molecule has 0 bridgehead atoms. The summed E-state index contributed by atoms with van der Waals surface area (Å²) in [5.41, 5.74) is 0. The van der Waals surface area contributed by atoms with Gasteiger partial charge < -0.3 is 14.2 Å². The van der Waals surface area contributed by atoms with Gasteiger partial charge in [0.15, 0.2) is 0 Å². The molecule has 5 nitrogen and oxygen atoms in total. The summed E-state index contributed by atoms with van der Waals surface area (Å²) in [5, 5.41) is 0. The number of hydrogen-bond donors (Lipinski definition) is 0. The Kier molecular flexibility index (Phi) is 5.38. The molecule has 23 heavy (non-hydrogen) atoms. The van der Waals surface area contributed by atoms with E-state index in [-0.39, 0.29) is 6.04 Å². The van der Waals surface area contributed by atoms with E-state index in [0.29, 0.717) is 24.3 Å². The van der Waals surface area contributed by atoms with E-state index in [1.807, 2.05) is 24.5 Å². The van der Waals surface area contributed by atoms with Crippen LogP contribution in [-0.4, -0.2) is 65.7 Å². The molecule has 0 spiro atoms. The summed E-state index contributed by atoms with van der Waals surface area (Å²) in [5.74, 6) is 0.888. The van der Waals surface area contributed by atoms with Gasteiger partial charge in [0.05, 0.1) is 13.2 Å². The fraction of sp³-hybridized carbons (Fsp3) is 0.722. The van der Waals surface area contributed by atoms with Gasteiger partial charge in [0.1, 0.15) is 0 Å². The third kappa shape index (κ3) is 3.78. The summed E-state index contributed by atoms with van der Waals surface area (Å²) >= 11 is 0. The van der Waals surface area contributed by atoms with Crippen LogP contribution in [0, 0.1) is 5.92 Å². The molecule has 2 aliphatic rings. The van der Waals surface area contributed by atoms with Crippen LogP contribution in [0.2, 0.25) is 0 Å². The van der Waals surface area contributed by atoms with Crippen LogP contribution in [0.4, 0.5) is 0 Å². The Morgan fingerprint density at radius 3 is 2.57 bits per heavy atom. The third-order valence-electron chi connectivity index (χ3n) is 5.40. The average Bonchev–Trinajstić information content (AvgIpc) is 3.25. The number of amides is 1. The molecule has 0 radical (unpaired) electrons. The van der Waals surface area contributed by atoms with Crippen LogP contribution in [0.25, 0.3) is 0 Å². The lowest BCUT2D eigenvalue weighted by Gasteiger charge is -2.34. The van der Waals surface area contributed by atoms with Crippen LogP contribution < -0.4 is 0 Å². The third-order valence-corrected chi connectivity index (χ3v) is 5.40. The molecule has 0 aromatic carbocycles. The van der Waals surface area contributed by atoms with Gasteiger partial charge in [-0.25, -0.2) is 0 Å². The van der Waals surface area contributed by atoms with Gasteiger partial charge in [0.25, 0.3) is 0 Å². The topological polar surface area (TPSA) is 37.7 Å². The van der Waals surface area contributed by atoms with Gasteiger partial charge in [-0.05, 0) is 25.0 Å². The minimum Gasteiger partial charge on any atom is -0.379 e. The zero-order valence-corrected chi connectivity index (χ0v) is 14.4. The van der Waals surface area contributed by atoms with Gasteiger partial charge in [-0.3, -0.25) is 9.69 Å². The van der Waals surface area contributed by atoms with Crippen LogP contribution in [0.15, 0.2) is 24.5 Å². The Balaban J connectivity index is 1.58. The van der Waals surface area contributed by atoms with Crippen molar-refractivity contribution in [2.45, 2.75) is 38.8 Å². The number of rotatable bonds is 5. The van der Waals surface area contributed by atoms with Crippen molar-refractivity contribution in [3.63, 3.8) is 0 Å². The van der Waals surface area contributed by atoms with E-state index >= 15 is 0 Å². The van der Waals surface area contributed by atoms with Gasteiger partial charge >= 0.3 is 0 Å². The number of morpholine rings is 1. The summed E-state index contributed by atoms with van der Waals surface area (Å²) in [6, 6.07) is 4.76. The molecule has 0 aliphatic carbocycles. The first-order valence-corrected chi connectivity index (χ1v) is 8.91. The van der Waals surface area contributed by atoms with E-state index in [0.717, 1.165) is 45.8 Å². The zero-order valence-electron chi connectivity index (χ0n) is 14.4. The highest BCUT2D eigenvalue weighted by Gasteiger charge is 2.38. The highest BCUT2D eigenvalue weighted by Crippen LogP contribution is 2.27. The Bertz CT molecular complexity index is 496. The smallest absolute Gasteiger partial charge is 0.224 e. The fourth-order valence-corrected chi connectivity index (χ4v) is 3.91. The van der Waals surface area contributed by atoms with Crippen molar-refractivity contribution in [1.29, 1.82) is 0 Å². The quantitative estimate of drug-likeness (QED) is 0.833. The van der Waals surface area contributed by atoms with Crippen LogP contribution in [0.3, 0.4) is 0 Å². The lowest BCUT2D eigenvalue weighted by atomic mass is 9.99. The lowest BCUT2D eigenvalue weighted by Crippen LogP contribution is -2.47. The predicted molar refractivity (Wildman–Crippen MR) is 90.3 cm³/mol.